The number of halogens is 1. The highest BCUT2D eigenvalue weighted by Gasteiger charge is 2.04. The van der Waals surface area contributed by atoms with E-state index in [1.54, 1.807) is 6.07 Å². The highest BCUT2D eigenvalue weighted by Crippen LogP contribution is 2.18. The van der Waals surface area contributed by atoms with Crippen LogP contribution in [-0.2, 0) is 0 Å². The van der Waals surface area contributed by atoms with Gasteiger partial charge in [-0.3, -0.25) is 0 Å². The van der Waals surface area contributed by atoms with Crippen LogP contribution in [0.15, 0.2) is 56.3 Å². The molecule has 0 bridgehead atoms. The van der Waals surface area contributed by atoms with Crippen LogP contribution in [0.25, 0.3) is 11.1 Å². The molecule has 3 heteroatoms. The van der Waals surface area contributed by atoms with E-state index in [-0.39, 0.29) is 5.63 Å². The highest BCUT2D eigenvalue weighted by atomic mass is 79.9. The lowest BCUT2D eigenvalue weighted by molar-refractivity contribution is 0.510. The average Bonchev–Trinajstić information content (AvgIpc) is 2.23. The van der Waals surface area contributed by atoms with Crippen molar-refractivity contribution in [1.29, 1.82) is 0 Å². The monoisotopic (exact) mass is 250 g/mol. The van der Waals surface area contributed by atoms with Gasteiger partial charge in [0.2, 0.25) is 0 Å². The summed E-state index contributed by atoms with van der Waals surface area (Å²) in [6, 6.07) is 11.2. The molecule has 0 aliphatic rings. The molecule has 0 unspecified atom stereocenters. The van der Waals surface area contributed by atoms with E-state index in [0.29, 0.717) is 5.56 Å². The summed E-state index contributed by atoms with van der Waals surface area (Å²) in [7, 11) is 0. The molecular formula is C11H7BrO2. The van der Waals surface area contributed by atoms with Crippen LogP contribution in [0.3, 0.4) is 0 Å². The van der Waals surface area contributed by atoms with Gasteiger partial charge in [0.05, 0.1) is 10.0 Å². The van der Waals surface area contributed by atoms with Crippen LogP contribution in [0.2, 0.25) is 0 Å². The fourth-order valence-corrected chi connectivity index (χ4v) is 1.55. The van der Waals surface area contributed by atoms with Gasteiger partial charge in [-0.15, -0.1) is 0 Å². The van der Waals surface area contributed by atoms with Crippen molar-refractivity contribution in [3.63, 3.8) is 0 Å². The van der Waals surface area contributed by atoms with Crippen LogP contribution in [-0.4, -0.2) is 0 Å². The molecule has 14 heavy (non-hydrogen) atoms. The lowest BCUT2D eigenvalue weighted by atomic mass is 10.1. The number of hydrogen-bond donors (Lipinski definition) is 0. The molecule has 0 atom stereocenters. The molecule has 2 nitrogen and oxygen atoms in total. The second-order valence-corrected chi connectivity index (χ2v) is 3.75. The van der Waals surface area contributed by atoms with E-state index in [2.05, 4.69) is 15.9 Å². The van der Waals surface area contributed by atoms with Crippen molar-refractivity contribution in [3.05, 3.63) is 57.6 Å². The zero-order valence-electron chi connectivity index (χ0n) is 7.24. The number of benzene rings is 1. The summed E-state index contributed by atoms with van der Waals surface area (Å²) in [5.74, 6) is 0. The molecule has 0 saturated heterocycles. The maximum absolute atomic E-state index is 11.4. The van der Waals surface area contributed by atoms with Crippen LogP contribution >= 0.6 is 15.9 Å². The third-order valence-corrected chi connectivity index (χ3v) is 2.28. The van der Waals surface area contributed by atoms with E-state index in [0.717, 1.165) is 10.0 Å². The van der Waals surface area contributed by atoms with Crippen molar-refractivity contribution in [2.75, 3.05) is 0 Å². The Morgan fingerprint density at radius 1 is 1.14 bits per heavy atom. The van der Waals surface area contributed by atoms with E-state index in [4.69, 9.17) is 4.42 Å². The van der Waals surface area contributed by atoms with E-state index >= 15 is 0 Å². The van der Waals surface area contributed by atoms with E-state index in [1.807, 2.05) is 30.3 Å². The first-order valence-electron chi connectivity index (χ1n) is 4.11. The van der Waals surface area contributed by atoms with Gasteiger partial charge < -0.3 is 4.42 Å². The van der Waals surface area contributed by atoms with Crippen LogP contribution < -0.4 is 5.63 Å². The van der Waals surface area contributed by atoms with Crippen molar-refractivity contribution < 1.29 is 4.42 Å². The lowest BCUT2D eigenvalue weighted by Gasteiger charge is -1.98. The second-order valence-electron chi connectivity index (χ2n) is 2.83. The van der Waals surface area contributed by atoms with Crippen molar-refractivity contribution in [2.45, 2.75) is 0 Å². The standard InChI is InChI=1S/C11H7BrO2/c12-9-6-10(11(13)14-7-9)8-4-2-1-3-5-8/h1-7H. The van der Waals surface area contributed by atoms with Crippen LogP contribution in [0.1, 0.15) is 0 Å². The average molecular weight is 251 g/mol. The molecule has 0 radical (unpaired) electrons. The molecule has 0 N–H and O–H groups in total. The molecule has 0 amide bonds. The van der Waals surface area contributed by atoms with E-state index in [9.17, 15) is 4.79 Å². The van der Waals surface area contributed by atoms with Crippen molar-refractivity contribution >= 4 is 15.9 Å². The van der Waals surface area contributed by atoms with E-state index < -0.39 is 0 Å². The molecular weight excluding hydrogens is 244 g/mol. The number of hydrogen-bond acceptors (Lipinski definition) is 2. The molecule has 1 aromatic heterocycles. The topological polar surface area (TPSA) is 30.2 Å². The van der Waals surface area contributed by atoms with Gasteiger partial charge in [0.15, 0.2) is 0 Å². The smallest absolute Gasteiger partial charge is 0.343 e. The Morgan fingerprint density at radius 3 is 2.57 bits per heavy atom. The van der Waals surface area contributed by atoms with Gasteiger partial charge in [0.1, 0.15) is 6.26 Å². The fourth-order valence-electron chi connectivity index (χ4n) is 1.22. The minimum absolute atomic E-state index is 0.320. The van der Waals surface area contributed by atoms with E-state index in [1.165, 1.54) is 6.26 Å². The number of rotatable bonds is 1. The minimum Gasteiger partial charge on any atom is -0.430 e. The summed E-state index contributed by atoms with van der Waals surface area (Å²) in [5, 5.41) is 0. The SMILES string of the molecule is O=c1occ(Br)cc1-c1ccccc1. The van der Waals surface area contributed by atoms with Gasteiger partial charge in [0, 0.05) is 0 Å². The van der Waals surface area contributed by atoms with Gasteiger partial charge in [-0.25, -0.2) is 4.79 Å². The predicted octanol–water partition coefficient (Wildman–Crippen LogP) is 3.07. The van der Waals surface area contributed by atoms with Gasteiger partial charge in [-0.05, 0) is 27.6 Å². The lowest BCUT2D eigenvalue weighted by Crippen LogP contribution is -2.01. The normalized spacial score (nSPS) is 10.1. The second kappa shape index (κ2) is 3.80. The van der Waals surface area contributed by atoms with Crippen molar-refractivity contribution in [3.8, 4) is 11.1 Å². The van der Waals surface area contributed by atoms with Gasteiger partial charge in [0.25, 0.3) is 0 Å². The Kier molecular flexibility index (Phi) is 2.50. The maximum atomic E-state index is 11.4. The van der Waals surface area contributed by atoms with Crippen molar-refractivity contribution in [1.82, 2.24) is 0 Å². The molecule has 2 aromatic rings. The molecule has 0 saturated carbocycles. The Balaban J connectivity index is 2.63. The summed E-state index contributed by atoms with van der Waals surface area (Å²) < 4.78 is 5.60. The Labute approximate surface area is 89.3 Å². The highest BCUT2D eigenvalue weighted by molar-refractivity contribution is 9.10. The first-order valence-corrected chi connectivity index (χ1v) is 4.90. The molecule has 0 aliphatic heterocycles. The third kappa shape index (κ3) is 1.77. The molecule has 1 heterocycles. The molecule has 0 fully saturated rings. The minimum atomic E-state index is -0.320. The molecule has 0 spiro atoms. The Bertz CT molecular complexity index is 488. The Morgan fingerprint density at radius 2 is 1.86 bits per heavy atom. The first kappa shape index (κ1) is 9.21. The summed E-state index contributed by atoms with van der Waals surface area (Å²) in [4.78, 5) is 11.4. The van der Waals surface area contributed by atoms with Crippen LogP contribution in [0.4, 0.5) is 0 Å². The van der Waals surface area contributed by atoms with Crippen molar-refractivity contribution in [2.24, 2.45) is 0 Å². The summed E-state index contributed by atoms with van der Waals surface area (Å²) in [5.41, 5.74) is 1.11. The third-order valence-electron chi connectivity index (χ3n) is 1.87. The van der Waals surface area contributed by atoms with Crippen LogP contribution in [0.5, 0.6) is 0 Å². The first-order chi connectivity index (χ1) is 6.77. The van der Waals surface area contributed by atoms with Crippen LogP contribution in [0, 0.1) is 0 Å². The quantitative estimate of drug-likeness (QED) is 0.779. The molecule has 0 aliphatic carbocycles. The summed E-state index contributed by atoms with van der Waals surface area (Å²) >= 11 is 3.26. The maximum Gasteiger partial charge on any atom is 0.343 e. The summed E-state index contributed by atoms with van der Waals surface area (Å²) in [6.45, 7) is 0. The predicted molar refractivity (Wildman–Crippen MR) is 58.1 cm³/mol. The zero-order valence-corrected chi connectivity index (χ0v) is 8.82. The molecule has 70 valence electrons. The fraction of sp³-hybridized carbons (Fsp3) is 0. The molecule has 2 rings (SSSR count). The largest absolute Gasteiger partial charge is 0.430 e. The molecule has 1 aromatic carbocycles. The zero-order chi connectivity index (χ0) is 9.97. The van der Waals surface area contributed by atoms with Gasteiger partial charge in [-0.2, -0.15) is 0 Å². The Hall–Kier alpha value is -1.35. The van der Waals surface area contributed by atoms with Gasteiger partial charge in [-0.1, -0.05) is 30.3 Å². The summed E-state index contributed by atoms with van der Waals surface area (Å²) in [6.07, 6.45) is 1.38. The van der Waals surface area contributed by atoms with Gasteiger partial charge >= 0.3 is 5.63 Å².